The van der Waals surface area contributed by atoms with Gasteiger partial charge in [-0.05, 0) is 35.4 Å². The van der Waals surface area contributed by atoms with Crippen molar-refractivity contribution in [3.8, 4) is 5.75 Å². The van der Waals surface area contributed by atoms with E-state index in [2.05, 4.69) is 9.97 Å². The summed E-state index contributed by atoms with van der Waals surface area (Å²) in [4.78, 5) is 36.4. The molecule has 0 aliphatic carbocycles. The second kappa shape index (κ2) is 10.2. The number of methoxy groups -OCH3 is 1. The molecule has 2 aliphatic heterocycles. The number of carbonyl (C=O) groups is 2. The van der Waals surface area contributed by atoms with E-state index in [9.17, 15) is 9.59 Å². The van der Waals surface area contributed by atoms with Crippen LogP contribution >= 0.6 is 23.5 Å². The Kier molecular flexibility index (Phi) is 6.85. The number of amides is 1. The fourth-order valence-electron chi connectivity index (χ4n) is 3.90. The van der Waals surface area contributed by atoms with Crippen molar-refractivity contribution in [2.24, 2.45) is 5.73 Å². The van der Waals surface area contributed by atoms with Gasteiger partial charge in [-0.2, -0.15) is 0 Å². The van der Waals surface area contributed by atoms with E-state index in [4.69, 9.17) is 15.2 Å². The van der Waals surface area contributed by atoms with Crippen molar-refractivity contribution in [2.75, 3.05) is 12.9 Å². The number of aromatic nitrogens is 2. The monoisotopic (exact) mass is 508 g/mol. The SMILES string of the molecule is COc1ccc(COC(=O)C2=C(Sc3ccc(Cc4ncc[nH]4)cc3)CS[C@@H]3[C@H](N)C(=O)N23)cc1. The quantitative estimate of drug-likeness (QED) is 0.352. The van der Waals surface area contributed by atoms with Gasteiger partial charge in [0.2, 0.25) is 5.91 Å². The van der Waals surface area contributed by atoms with Crippen LogP contribution in [0.1, 0.15) is 17.0 Å². The Morgan fingerprint density at radius 1 is 1.20 bits per heavy atom. The maximum absolute atomic E-state index is 13.2. The van der Waals surface area contributed by atoms with Gasteiger partial charge in [-0.1, -0.05) is 36.0 Å². The summed E-state index contributed by atoms with van der Waals surface area (Å²) in [5.41, 5.74) is 8.23. The molecule has 0 spiro atoms. The average Bonchev–Trinajstić information content (AvgIpc) is 3.41. The fourth-order valence-corrected chi connectivity index (χ4v) is 6.32. The normalized spacial score (nSPS) is 19.3. The molecule has 1 fully saturated rings. The van der Waals surface area contributed by atoms with Gasteiger partial charge < -0.3 is 20.2 Å². The van der Waals surface area contributed by atoms with Gasteiger partial charge in [0.05, 0.1) is 7.11 Å². The molecule has 1 saturated heterocycles. The summed E-state index contributed by atoms with van der Waals surface area (Å²) in [6.45, 7) is 0.0949. The van der Waals surface area contributed by atoms with Gasteiger partial charge >= 0.3 is 5.97 Å². The summed E-state index contributed by atoms with van der Waals surface area (Å²) in [5, 5.41) is -0.244. The first-order chi connectivity index (χ1) is 17.0. The van der Waals surface area contributed by atoms with E-state index in [-0.39, 0.29) is 17.9 Å². The number of aromatic amines is 1. The highest BCUT2D eigenvalue weighted by Gasteiger charge is 2.52. The van der Waals surface area contributed by atoms with E-state index in [0.29, 0.717) is 17.9 Å². The van der Waals surface area contributed by atoms with Gasteiger partial charge in [-0.3, -0.25) is 9.69 Å². The lowest BCUT2D eigenvalue weighted by molar-refractivity contribution is -0.151. The Morgan fingerprint density at radius 3 is 2.63 bits per heavy atom. The van der Waals surface area contributed by atoms with Crippen molar-refractivity contribution in [3.05, 3.63) is 88.5 Å². The second-order valence-corrected chi connectivity index (χ2v) is 10.4. The van der Waals surface area contributed by atoms with Crippen LogP contribution in [0.2, 0.25) is 0 Å². The number of β-lactam (4-membered cyclic amide) rings is 1. The predicted octanol–water partition coefficient (Wildman–Crippen LogP) is 3.30. The minimum atomic E-state index is -0.600. The van der Waals surface area contributed by atoms with Crippen LogP contribution in [0.4, 0.5) is 0 Å². The highest BCUT2D eigenvalue weighted by atomic mass is 32.2. The van der Waals surface area contributed by atoms with Gasteiger partial charge in [0.25, 0.3) is 0 Å². The smallest absolute Gasteiger partial charge is 0.356 e. The van der Waals surface area contributed by atoms with Crippen molar-refractivity contribution in [1.29, 1.82) is 0 Å². The van der Waals surface area contributed by atoms with Crippen molar-refractivity contribution in [1.82, 2.24) is 14.9 Å². The topological polar surface area (TPSA) is 111 Å². The van der Waals surface area contributed by atoms with Crippen molar-refractivity contribution in [3.63, 3.8) is 0 Å². The molecule has 5 rings (SSSR count). The van der Waals surface area contributed by atoms with Crippen LogP contribution in [0.3, 0.4) is 0 Å². The molecule has 180 valence electrons. The number of imidazole rings is 1. The Bertz CT molecular complexity index is 1240. The number of nitrogens with zero attached hydrogens (tertiary/aromatic N) is 2. The largest absolute Gasteiger partial charge is 0.497 e. The van der Waals surface area contributed by atoms with Crippen LogP contribution in [-0.4, -0.2) is 51.0 Å². The molecule has 1 amide bonds. The standard InChI is InChI=1S/C25H24N4O4S2/c1-32-17-6-2-16(3-7-17)13-33-25(31)22-19(14-34-24-21(26)23(30)29(22)24)35-18-8-4-15(5-9-18)12-20-27-10-11-28-20/h2-11,21,24H,12-14,26H2,1H3,(H,27,28)/t21-,24-/m1/s1. The molecule has 2 aromatic carbocycles. The van der Waals surface area contributed by atoms with E-state index >= 15 is 0 Å². The van der Waals surface area contributed by atoms with Crippen LogP contribution in [0.15, 0.2) is 76.4 Å². The molecule has 2 aliphatic rings. The number of esters is 1. The summed E-state index contributed by atoms with van der Waals surface area (Å²) in [6, 6.07) is 14.8. The highest BCUT2D eigenvalue weighted by molar-refractivity contribution is 8.06. The third-order valence-corrected chi connectivity index (χ3v) is 8.36. The lowest BCUT2D eigenvalue weighted by atomic mass is 10.1. The molecule has 3 heterocycles. The molecule has 3 aromatic rings. The first-order valence-electron chi connectivity index (χ1n) is 11.0. The summed E-state index contributed by atoms with van der Waals surface area (Å²) in [5.74, 6) is 1.42. The number of ether oxygens (including phenoxy) is 2. The number of fused-ring (bicyclic) bond motifs is 1. The number of benzene rings is 2. The number of rotatable bonds is 8. The summed E-state index contributed by atoms with van der Waals surface area (Å²) in [6.07, 6.45) is 4.25. The number of hydrogen-bond donors (Lipinski definition) is 2. The van der Waals surface area contributed by atoms with E-state index in [1.807, 2.05) is 48.5 Å². The van der Waals surface area contributed by atoms with Crippen molar-refractivity contribution >= 4 is 35.4 Å². The molecule has 2 atom stereocenters. The van der Waals surface area contributed by atoms with Crippen LogP contribution in [0.5, 0.6) is 5.75 Å². The van der Waals surface area contributed by atoms with Crippen LogP contribution in [0, 0.1) is 0 Å². The lowest BCUT2D eigenvalue weighted by Crippen LogP contribution is -2.68. The summed E-state index contributed by atoms with van der Waals surface area (Å²) in [7, 11) is 1.60. The maximum Gasteiger partial charge on any atom is 0.356 e. The first-order valence-corrected chi connectivity index (χ1v) is 12.9. The lowest BCUT2D eigenvalue weighted by Gasteiger charge is -2.48. The van der Waals surface area contributed by atoms with Gasteiger partial charge in [-0.25, -0.2) is 9.78 Å². The molecular formula is C25H24N4O4S2. The second-order valence-electron chi connectivity index (χ2n) is 8.09. The van der Waals surface area contributed by atoms with Crippen LogP contribution in [-0.2, 0) is 27.4 Å². The Hall–Kier alpha value is -3.21. The zero-order valence-electron chi connectivity index (χ0n) is 19.0. The number of nitrogens with two attached hydrogens (primary N) is 1. The van der Waals surface area contributed by atoms with Crippen molar-refractivity contribution < 1.29 is 19.1 Å². The molecule has 0 bridgehead atoms. The third-order valence-electron chi connectivity index (χ3n) is 5.79. The predicted molar refractivity (Wildman–Crippen MR) is 135 cm³/mol. The van der Waals surface area contributed by atoms with Crippen LogP contribution in [0.25, 0.3) is 0 Å². The molecule has 0 unspecified atom stereocenters. The fraction of sp³-hybridized carbons (Fsp3) is 0.240. The number of hydrogen-bond acceptors (Lipinski definition) is 8. The molecule has 35 heavy (non-hydrogen) atoms. The summed E-state index contributed by atoms with van der Waals surface area (Å²) < 4.78 is 10.8. The third kappa shape index (κ3) is 4.95. The molecule has 3 N–H and O–H groups in total. The minimum absolute atomic E-state index is 0.0949. The number of carbonyl (C=O) groups excluding carboxylic acids is 2. The molecule has 8 nitrogen and oxygen atoms in total. The Labute approximate surface area is 211 Å². The maximum atomic E-state index is 13.2. The van der Waals surface area contributed by atoms with E-state index in [1.165, 1.54) is 16.7 Å². The van der Waals surface area contributed by atoms with E-state index in [0.717, 1.165) is 32.5 Å². The van der Waals surface area contributed by atoms with Crippen molar-refractivity contribution in [2.45, 2.75) is 29.3 Å². The number of thioether (sulfide) groups is 2. The molecule has 10 heteroatoms. The van der Waals surface area contributed by atoms with E-state index < -0.39 is 12.0 Å². The molecule has 0 saturated carbocycles. The number of nitrogens with one attached hydrogen (secondary N) is 1. The van der Waals surface area contributed by atoms with Gasteiger partial charge in [0, 0.05) is 34.4 Å². The Morgan fingerprint density at radius 2 is 1.94 bits per heavy atom. The Balaban J connectivity index is 1.34. The zero-order chi connectivity index (χ0) is 24.4. The zero-order valence-corrected chi connectivity index (χ0v) is 20.6. The van der Waals surface area contributed by atoms with Crippen LogP contribution < -0.4 is 10.5 Å². The average molecular weight is 509 g/mol. The van der Waals surface area contributed by atoms with Gasteiger partial charge in [0.15, 0.2) is 0 Å². The summed E-state index contributed by atoms with van der Waals surface area (Å²) >= 11 is 3.04. The van der Waals surface area contributed by atoms with E-state index in [1.54, 1.807) is 31.3 Å². The van der Waals surface area contributed by atoms with Gasteiger partial charge in [-0.15, -0.1) is 11.8 Å². The molecular weight excluding hydrogens is 484 g/mol. The first kappa shape index (κ1) is 23.5. The number of H-pyrrole nitrogens is 1. The minimum Gasteiger partial charge on any atom is -0.497 e. The highest BCUT2D eigenvalue weighted by Crippen LogP contribution is 2.45. The molecule has 1 aromatic heterocycles. The molecule has 0 radical (unpaired) electrons. The van der Waals surface area contributed by atoms with Gasteiger partial charge in [0.1, 0.15) is 35.3 Å².